The molecular weight excluding hydrogens is 460 g/mol. The fourth-order valence-corrected chi connectivity index (χ4v) is 4.66. The van der Waals surface area contributed by atoms with Gasteiger partial charge in [-0.25, -0.2) is 0 Å². The molecular formula is C27H26N4O3S. The van der Waals surface area contributed by atoms with Gasteiger partial charge in [-0.1, -0.05) is 66.4 Å². The molecule has 3 aromatic carbocycles. The first-order chi connectivity index (χ1) is 17.3. The summed E-state index contributed by atoms with van der Waals surface area (Å²) in [5, 5.41) is 12.4. The van der Waals surface area contributed by atoms with Crippen molar-refractivity contribution in [1.82, 2.24) is 14.8 Å². The predicted octanol–water partition coefficient (Wildman–Crippen LogP) is 5.22. The van der Waals surface area contributed by atoms with Crippen molar-refractivity contribution in [3.63, 3.8) is 0 Å². The minimum Gasteiger partial charge on any atom is -0.491 e. The topological polar surface area (TPSA) is 78.3 Å². The van der Waals surface area contributed by atoms with Crippen molar-refractivity contribution in [2.24, 2.45) is 0 Å². The van der Waals surface area contributed by atoms with Crippen LogP contribution in [0.1, 0.15) is 12.8 Å². The number of rotatable bonds is 9. The summed E-state index contributed by atoms with van der Waals surface area (Å²) in [6.07, 6.45) is 2.24. The molecule has 1 aromatic heterocycles. The zero-order chi connectivity index (χ0) is 23.9. The third kappa shape index (κ3) is 5.90. The molecule has 178 valence electrons. The quantitative estimate of drug-likeness (QED) is 0.327. The highest BCUT2D eigenvalue weighted by atomic mass is 32.2. The van der Waals surface area contributed by atoms with Crippen molar-refractivity contribution in [2.45, 2.75) is 24.1 Å². The number of hydrogen-bond donors (Lipinski definition) is 1. The Morgan fingerprint density at radius 3 is 2.60 bits per heavy atom. The number of anilines is 1. The Labute approximate surface area is 208 Å². The number of hydrogen-bond acceptors (Lipinski definition) is 6. The summed E-state index contributed by atoms with van der Waals surface area (Å²) < 4.78 is 13.4. The minimum absolute atomic E-state index is 0.129. The first-order valence-electron chi connectivity index (χ1n) is 11.6. The maximum atomic E-state index is 12.7. The molecule has 1 saturated heterocycles. The van der Waals surface area contributed by atoms with Crippen molar-refractivity contribution in [1.29, 1.82) is 0 Å². The molecule has 0 aliphatic carbocycles. The van der Waals surface area contributed by atoms with Crippen molar-refractivity contribution < 1.29 is 14.3 Å². The van der Waals surface area contributed by atoms with Crippen LogP contribution < -0.4 is 10.1 Å². The van der Waals surface area contributed by atoms with E-state index in [0.29, 0.717) is 23.2 Å². The van der Waals surface area contributed by atoms with E-state index in [1.165, 1.54) is 11.8 Å². The number of aromatic nitrogens is 3. The lowest BCUT2D eigenvalue weighted by Crippen LogP contribution is -2.17. The summed E-state index contributed by atoms with van der Waals surface area (Å²) in [4.78, 5) is 12.7. The molecule has 0 bridgehead atoms. The minimum atomic E-state index is -0.129. The molecule has 35 heavy (non-hydrogen) atoms. The van der Waals surface area contributed by atoms with Gasteiger partial charge in [-0.15, -0.1) is 10.2 Å². The van der Waals surface area contributed by atoms with Gasteiger partial charge in [0.1, 0.15) is 12.4 Å². The normalized spacial score (nSPS) is 15.1. The Balaban J connectivity index is 1.25. The van der Waals surface area contributed by atoms with E-state index >= 15 is 0 Å². The smallest absolute Gasteiger partial charge is 0.234 e. The van der Waals surface area contributed by atoms with Gasteiger partial charge < -0.3 is 14.8 Å². The first kappa shape index (κ1) is 23.1. The molecule has 1 aliphatic rings. The number of para-hydroxylation sites is 1. The second kappa shape index (κ2) is 11.2. The molecule has 2 heterocycles. The van der Waals surface area contributed by atoms with E-state index < -0.39 is 0 Å². The highest BCUT2D eigenvalue weighted by Gasteiger charge is 2.18. The zero-order valence-corrected chi connectivity index (χ0v) is 20.0. The molecule has 1 N–H and O–H groups in total. The number of amides is 1. The van der Waals surface area contributed by atoms with E-state index in [4.69, 9.17) is 9.47 Å². The summed E-state index contributed by atoms with van der Waals surface area (Å²) in [6.45, 7) is 1.32. The van der Waals surface area contributed by atoms with E-state index in [-0.39, 0.29) is 17.8 Å². The lowest BCUT2D eigenvalue weighted by Gasteiger charge is -2.13. The van der Waals surface area contributed by atoms with E-state index in [9.17, 15) is 4.79 Å². The Bertz CT molecular complexity index is 1260. The maximum absolute atomic E-state index is 12.7. The number of carbonyl (C=O) groups excluding carboxylic acids is 1. The van der Waals surface area contributed by atoms with Crippen LogP contribution in [0.15, 0.2) is 90.1 Å². The lowest BCUT2D eigenvalue weighted by atomic mass is 10.2. The Kier molecular flexibility index (Phi) is 7.41. The van der Waals surface area contributed by atoms with Gasteiger partial charge in [0.05, 0.1) is 11.9 Å². The van der Waals surface area contributed by atoms with E-state index in [1.807, 2.05) is 89.5 Å². The first-order valence-corrected chi connectivity index (χ1v) is 12.6. The Morgan fingerprint density at radius 2 is 1.83 bits per heavy atom. The highest BCUT2D eigenvalue weighted by Crippen LogP contribution is 2.28. The van der Waals surface area contributed by atoms with Crippen molar-refractivity contribution in [3.05, 3.63) is 84.9 Å². The summed E-state index contributed by atoms with van der Waals surface area (Å²) in [5.41, 5.74) is 2.59. The van der Waals surface area contributed by atoms with E-state index in [2.05, 4.69) is 15.5 Å². The fourth-order valence-electron chi connectivity index (χ4n) is 3.90. The standard InChI is InChI=1S/C27H26N4O3S/c32-25(28-21-11-7-14-23(17-21)34-18-24-15-8-16-33-24)19-35-27-30-29-26(20-9-3-1-4-10-20)31(27)22-12-5-2-6-13-22/h1-7,9-14,17,24H,8,15-16,18-19H2,(H,28,32). The monoisotopic (exact) mass is 486 g/mol. The third-order valence-corrected chi connectivity index (χ3v) is 6.52. The summed E-state index contributed by atoms with van der Waals surface area (Å²) in [6, 6.07) is 27.2. The van der Waals surface area contributed by atoms with Crippen molar-refractivity contribution in [3.8, 4) is 22.8 Å². The van der Waals surface area contributed by atoms with Gasteiger partial charge in [0.2, 0.25) is 5.91 Å². The van der Waals surface area contributed by atoms with Gasteiger partial charge in [0.25, 0.3) is 0 Å². The van der Waals surface area contributed by atoms with Gasteiger partial charge in [-0.2, -0.15) is 0 Å². The number of nitrogens with one attached hydrogen (secondary N) is 1. The number of thioether (sulfide) groups is 1. The second-order valence-electron chi connectivity index (χ2n) is 8.15. The maximum Gasteiger partial charge on any atom is 0.234 e. The number of ether oxygens (including phenoxy) is 2. The van der Waals surface area contributed by atoms with Crippen LogP contribution in [0.25, 0.3) is 17.1 Å². The van der Waals surface area contributed by atoms with Gasteiger partial charge in [-0.3, -0.25) is 9.36 Å². The Hall–Kier alpha value is -3.62. The summed E-state index contributed by atoms with van der Waals surface area (Å²) in [7, 11) is 0. The average molecular weight is 487 g/mol. The van der Waals surface area contributed by atoms with E-state index in [1.54, 1.807) is 0 Å². The average Bonchev–Trinajstić information content (AvgIpc) is 3.58. The van der Waals surface area contributed by atoms with Gasteiger partial charge in [-0.05, 0) is 37.1 Å². The number of benzene rings is 3. The second-order valence-corrected chi connectivity index (χ2v) is 9.10. The number of carbonyl (C=O) groups is 1. The van der Waals surface area contributed by atoms with Crippen LogP contribution in [-0.2, 0) is 9.53 Å². The van der Waals surface area contributed by atoms with Crippen LogP contribution >= 0.6 is 11.8 Å². The summed E-state index contributed by atoms with van der Waals surface area (Å²) >= 11 is 1.35. The molecule has 7 nitrogen and oxygen atoms in total. The third-order valence-electron chi connectivity index (χ3n) is 5.59. The van der Waals surface area contributed by atoms with Gasteiger partial charge in [0.15, 0.2) is 11.0 Å². The van der Waals surface area contributed by atoms with Crippen molar-refractivity contribution >= 4 is 23.4 Å². The highest BCUT2D eigenvalue weighted by molar-refractivity contribution is 7.99. The van der Waals surface area contributed by atoms with Crippen LogP contribution in [0.3, 0.4) is 0 Å². The molecule has 0 radical (unpaired) electrons. The SMILES string of the molecule is O=C(CSc1nnc(-c2ccccc2)n1-c1ccccc1)Nc1cccc(OCC2CCCO2)c1. The van der Waals surface area contributed by atoms with Crippen molar-refractivity contribution in [2.75, 3.05) is 24.3 Å². The molecule has 0 spiro atoms. The van der Waals surface area contributed by atoms with Gasteiger partial charge >= 0.3 is 0 Å². The fraction of sp³-hybridized carbons (Fsp3) is 0.222. The predicted molar refractivity (Wildman–Crippen MR) is 137 cm³/mol. The van der Waals surface area contributed by atoms with Crippen LogP contribution in [0.4, 0.5) is 5.69 Å². The van der Waals surface area contributed by atoms with Crippen LogP contribution in [-0.4, -0.2) is 45.7 Å². The molecule has 1 aliphatic heterocycles. The molecule has 8 heteroatoms. The molecule has 5 rings (SSSR count). The zero-order valence-electron chi connectivity index (χ0n) is 19.2. The van der Waals surface area contributed by atoms with Crippen LogP contribution in [0, 0.1) is 0 Å². The van der Waals surface area contributed by atoms with Gasteiger partial charge in [0, 0.05) is 29.6 Å². The van der Waals surface area contributed by atoms with E-state index in [0.717, 1.165) is 36.5 Å². The molecule has 4 aromatic rings. The molecule has 1 fully saturated rings. The van der Waals surface area contributed by atoms with Crippen LogP contribution in [0.5, 0.6) is 5.75 Å². The largest absolute Gasteiger partial charge is 0.491 e. The van der Waals surface area contributed by atoms with Crippen LogP contribution in [0.2, 0.25) is 0 Å². The Morgan fingerprint density at radius 1 is 1.03 bits per heavy atom. The molecule has 1 unspecified atom stereocenters. The molecule has 0 saturated carbocycles. The molecule has 1 atom stereocenters. The number of nitrogens with zero attached hydrogens (tertiary/aromatic N) is 3. The summed E-state index contributed by atoms with van der Waals surface area (Å²) in [5.74, 6) is 1.51. The molecule has 1 amide bonds. The lowest BCUT2D eigenvalue weighted by molar-refractivity contribution is -0.113.